The third kappa shape index (κ3) is 17.2. The van der Waals surface area contributed by atoms with Crippen molar-refractivity contribution in [2.24, 2.45) is 0 Å². The fraction of sp³-hybridized carbons (Fsp3) is 0.135. The Balaban J connectivity index is 0.576. The van der Waals surface area contributed by atoms with Crippen molar-refractivity contribution >= 4 is 55.7 Å². The zero-order valence-corrected chi connectivity index (χ0v) is 88.0. The second-order valence-corrected chi connectivity index (χ2v) is 45.4. The van der Waals surface area contributed by atoms with Gasteiger partial charge in [-0.25, -0.2) is 0 Å². The first-order valence-electron chi connectivity index (χ1n) is 53.3. The van der Waals surface area contributed by atoms with Crippen LogP contribution in [0.5, 0.6) is 0 Å². The number of fused-ring (bicyclic) bond motifs is 8. The molecule has 150 heavy (non-hydrogen) atoms. The largest absolute Gasteiger partial charge is 0.309 e. The molecule has 0 spiro atoms. The van der Waals surface area contributed by atoms with Crippen molar-refractivity contribution < 1.29 is 0 Å². The Morgan fingerprint density at radius 1 is 0.187 bits per heavy atom. The fourth-order valence-electron chi connectivity index (χ4n) is 24.3. The maximum absolute atomic E-state index is 2.53. The zero-order chi connectivity index (χ0) is 103. The van der Waals surface area contributed by atoms with Crippen LogP contribution in [0.25, 0.3) is 155 Å². The highest BCUT2D eigenvalue weighted by Gasteiger charge is 2.44. The molecule has 2 nitrogen and oxygen atoms in total. The highest BCUT2D eigenvalue weighted by molar-refractivity contribution is 6.12. The average Bonchev–Trinajstić information content (AvgIpc) is 1.54. The van der Waals surface area contributed by atoms with E-state index in [-0.39, 0.29) is 27.1 Å². The number of benzene rings is 22. The smallest absolute Gasteiger partial charge is 0.0540 e. The Kier molecular flexibility index (Phi) is 24.1. The quantitative estimate of drug-likeness (QED) is 0.0707. The van der Waals surface area contributed by atoms with Gasteiger partial charge in [0.1, 0.15) is 0 Å². The molecule has 2 heteroatoms. The van der Waals surface area contributed by atoms with Crippen LogP contribution in [0.2, 0.25) is 0 Å². The first kappa shape index (κ1) is 95.2. The second-order valence-electron chi connectivity index (χ2n) is 45.4. The number of hydrogen-bond donors (Lipinski definition) is 0. The van der Waals surface area contributed by atoms with Crippen molar-refractivity contribution in [1.29, 1.82) is 0 Å². The highest BCUT2D eigenvalue weighted by atomic mass is 15.2. The van der Waals surface area contributed by atoms with Gasteiger partial charge in [0.2, 0.25) is 0 Å². The van der Waals surface area contributed by atoms with Crippen LogP contribution >= 0.6 is 0 Å². The molecule has 2 aliphatic rings. The number of rotatable bonds is 21. The summed E-state index contributed by atoms with van der Waals surface area (Å²) in [5.41, 5.74) is 48.0. The minimum absolute atomic E-state index is 0.0607. The Labute approximate surface area is 886 Å². The molecule has 2 atom stereocenters. The number of nitrogens with zero attached hydrogens (tertiary/aromatic N) is 2. The molecular weight excluding hydrogens is 1810 g/mol. The lowest BCUT2D eigenvalue weighted by molar-refractivity contribution is 0.517. The lowest BCUT2D eigenvalue weighted by Gasteiger charge is -2.31. The first-order chi connectivity index (χ1) is 72.8. The van der Waals surface area contributed by atoms with Crippen molar-refractivity contribution in [1.82, 2.24) is 0 Å². The molecular formula is C148H124N2. The Morgan fingerprint density at radius 2 is 0.500 bits per heavy atom. The van der Waals surface area contributed by atoms with Crippen molar-refractivity contribution in [2.75, 3.05) is 9.80 Å². The summed E-state index contributed by atoms with van der Waals surface area (Å²) in [6.07, 6.45) is 0.827. The van der Waals surface area contributed by atoms with E-state index in [2.05, 4.69) is 603 Å². The minimum Gasteiger partial charge on any atom is -0.309 e. The molecule has 2 unspecified atom stereocenters. The summed E-state index contributed by atoms with van der Waals surface area (Å²) < 4.78 is 0. The highest BCUT2D eigenvalue weighted by Crippen LogP contribution is 2.59. The normalized spacial score (nSPS) is 14.2. The van der Waals surface area contributed by atoms with Gasteiger partial charge >= 0.3 is 0 Å². The van der Waals surface area contributed by atoms with Gasteiger partial charge in [-0.2, -0.15) is 0 Å². The fourth-order valence-corrected chi connectivity index (χ4v) is 24.3. The van der Waals surface area contributed by atoms with Gasteiger partial charge in [0.25, 0.3) is 0 Å². The van der Waals surface area contributed by atoms with Crippen LogP contribution in [-0.2, 0) is 38.9 Å². The molecule has 0 radical (unpaired) electrons. The third-order valence-electron chi connectivity index (χ3n) is 32.5. The Morgan fingerprint density at radius 3 is 0.973 bits per heavy atom. The van der Waals surface area contributed by atoms with Crippen molar-refractivity contribution in [2.45, 2.75) is 129 Å². The lowest BCUT2D eigenvalue weighted by Crippen LogP contribution is -2.24. The summed E-state index contributed by atoms with van der Waals surface area (Å²) in [5, 5.41) is 4.83. The van der Waals surface area contributed by atoms with Gasteiger partial charge in [-0.05, 0) is 303 Å². The van der Waals surface area contributed by atoms with Crippen molar-refractivity contribution in [3.63, 3.8) is 0 Å². The van der Waals surface area contributed by atoms with E-state index < -0.39 is 5.41 Å². The van der Waals surface area contributed by atoms with Crippen LogP contribution in [0, 0.1) is 0 Å². The van der Waals surface area contributed by atoms with Crippen LogP contribution in [-0.4, -0.2) is 0 Å². The SMILES string of the molecule is CC(C)(C)c1cc(-c2cccc3cccc(-c4ccccc4N(c4ccc(-c5cccc6c5-c5ccccc5C6(C)c5ccc(CC(C)(C)c6cc(-c7cccc8cccc(-c9ccccc9N(c9ccc(-c%10ccc%11c(c%10)C(C)(c%10ccccc%10)c%10ccccc%10-%11)cc9)c9ccc(-c%10ccccc%10)cc9-c9ccccc9)c78)cc(C(C)(C)C)c6)cc5)cc4)c4ccc(-c5ccccc5)cc4-c4ccccc4)c23)cc(C(C)(C)C)c1. The number of anilines is 6. The van der Waals surface area contributed by atoms with Crippen molar-refractivity contribution in [3.8, 4) is 134 Å². The second kappa shape index (κ2) is 38.0. The number of hydrogen-bond acceptors (Lipinski definition) is 2. The van der Waals surface area contributed by atoms with E-state index in [9.17, 15) is 0 Å². The average molecular weight is 1930 g/mol. The Hall–Kier alpha value is -17.0. The first-order valence-corrected chi connectivity index (χ1v) is 53.3. The van der Waals surface area contributed by atoms with Crippen LogP contribution in [0.15, 0.2) is 504 Å². The molecule has 0 aliphatic heterocycles. The van der Waals surface area contributed by atoms with Crippen LogP contribution in [0.1, 0.15) is 151 Å². The molecule has 0 bridgehead atoms. The Bertz CT molecular complexity index is 8860. The van der Waals surface area contributed by atoms with E-state index in [1.807, 2.05) is 0 Å². The predicted octanol–water partition coefficient (Wildman–Crippen LogP) is 40.7. The van der Waals surface area contributed by atoms with Gasteiger partial charge in [-0.15, -0.1) is 0 Å². The molecule has 0 saturated heterocycles. The van der Waals surface area contributed by atoms with Crippen LogP contribution < -0.4 is 9.80 Å². The maximum Gasteiger partial charge on any atom is 0.0540 e. The van der Waals surface area contributed by atoms with Gasteiger partial charge in [0, 0.05) is 44.5 Å². The monoisotopic (exact) mass is 1930 g/mol. The summed E-state index contributed by atoms with van der Waals surface area (Å²) in [6.45, 7) is 30.9. The van der Waals surface area contributed by atoms with E-state index in [4.69, 9.17) is 0 Å². The molecule has 0 fully saturated rings. The third-order valence-corrected chi connectivity index (χ3v) is 32.5. The van der Waals surface area contributed by atoms with Crippen LogP contribution in [0.4, 0.5) is 34.1 Å². The molecule has 22 aromatic rings. The van der Waals surface area contributed by atoms with E-state index in [0.29, 0.717) is 0 Å². The summed E-state index contributed by atoms with van der Waals surface area (Å²) in [5.74, 6) is 0. The topological polar surface area (TPSA) is 6.48 Å². The van der Waals surface area contributed by atoms with E-state index in [0.717, 1.165) is 102 Å². The molecule has 0 N–H and O–H groups in total. The lowest BCUT2D eigenvalue weighted by atomic mass is 9.72. The zero-order valence-electron chi connectivity index (χ0n) is 88.0. The van der Waals surface area contributed by atoms with Crippen LogP contribution in [0.3, 0.4) is 0 Å². The van der Waals surface area contributed by atoms with E-state index >= 15 is 0 Å². The maximum atomic E-state index is 2.53. The van der Waals surface area contributed by atoms with Gasteiger partial charge in [0.15, 0.2) is 0 Å². The number of para-hydroxylation sites is 2. The summed E-state index contributed by atoms with van der Waals surface area (Å²) in [7, 11) is 0. The summed E-state index contributed by atoms with van der Waals surface area (Å²) in [6, 6.07) is 190. The van der Waals surface area contributed by atoms with Gasteiger partial charge in [-0.1, -0.05) is 513 Å². The van der Waals surface area contributed by atoms with E-state index in [1.165, 1.54) is 155 Å². The molecule has 2 aliphatic carbocycles. The van der Waals surface area contributed by atoms with Gasteiger partial charge in [-0.3, -0.25) is 0 Å². The minimum atomic E-state index is -0.468. The van der Waals surface area contributed by atoms with Crippen molar-refractivity contribution in [3.05, 3.63) is 565 Å². The molecule has 24 rings (SSSR count). The molecule has 0 aromatic heterocycles. The molecule has 0 saturated carbocycles. The molecule has 726 valence electrons. The summed E-state index contributed by atoms with van der Waals surface area (Å²) in [4.78, 5) is 5.06. The molecule has 0 heterocycles. The standard InChI is InChI=1S/C148H124N2/c1-143(2,3)114-88-110(89-115(95-114)144(4,5)6)121-60-37-50-105-52-39-63-127(140(105)121)125-57-32-36-69-137(125)150(139-87-78-108(100-44-21-15-22-45-100)93-131(139)103-48-25-17-26-49-103)119-83-74-104(75-84-119)120-62-41-67-134-142(120)129-59-30-34-66-133(129)147(134,12)113-79-70-98(71-80-113)97-146(10,11)117-91-111(90-116(96-117)145(7,8)9)122-61-38-51-106-53-40-64-128(141(106)122)126-58-31-35-68-136(126)149(138-86-77-107(99-42-19-14-20-43-99)92-130(138)102-46-23-16-24-47-102)118-81-72-101(73-82-118)109-76-85-124-123-56-29-33-65-132(123)148(13,135(124)94-109)112-54-27-18-28-55-112/h14-96H,97H2,1-13H3. The molecule has 22 aromatic carbocycles. The summed E-state index contributed by atoms with van der Waals surface area (Å²) >= 11 is 0. The van der Waals surface area contributed by atoms with Gasteiger partial charge in [0.05, 0.1) is 22.7 Å². The predicted molar refractivity (Wildman–Crippen MR) is 639 cm³/mol. The molecule has 0 amide bonds. The van der Waals surface area contributed by atoms with Gasteiger partial charge < -0.3 is 9.80 Å². The van der Waals surface area contributed by atoms with E-state index in [1.54, 1.807) is 0 Å².